The highest BCUT2D eigenvalue weighted by molar-refractivity contribution is 5.88. The summed E-state index contributed by atoms with van der Waals surface area (Å²) in [6, 6.07) is 0. The Bertz CT molecular complexity index is 631. The average Bonchev–Trinajstić information content (AvgIpc) is 3.03. The van der Waals surface area contributed by atoms with Crippen molar-refractivity contribution in [3.63, 3.8) is 0 Å². The van der Waals surface area contributed by atoms with Gasteiger partial charge in [0.1, 0.15) is 12.2 Å². The molecule has 0 radical (unpaired) electrons. The van der Waals surface area contributed by atoms with Gasteiger partial charge in [-0.05, 0) is 27.2 Å². The molecule has 0 spiro atoms. The molecule has 7 nitrogen and oxygen atoms in total. The fraction of sp³-hybridized carbons (Fsp3) is 0.714. The third kappa shape index (κ3) is 10.8. The number of rotatable bonds is 13. The van der Waals surface area contributed by atoms with Gasteiger partial charge in [-0.15, -0.1) is 0 Å². The van der Waals surface area contributed by atoms with Crippen molar-refractivity contribution in [1.29, 1.82) is 0 Å². The standard InChI is InChI=1S/C21H34N2O5/c1-6-7-8-9-10-11-12-17-22-18(28-23-17)15-16(2)20(25)26-14-13-19(24)27-21(3,4)5/h2,6-15H2,1,3-5H3. The fourth-order valence-electron chi connectivity index (χ4n) is 2.50. The molecule has 0 saturated heterocycles. The van der Waals surface area contributed by atoms with Crippen molar-refractivity contribution < 1.29 is 23.6 Å². The van der Waals surface area contributed by atoms with E-state index in [2.05, 4.69) is 23.6 Å². The van der Waals surface area contributed by atoms with Crippen LogP contribution < -0.4 is 0 Å². The number of ether oxygens (including phenoxy) is 2. The molecule has 0 aliphatic carbocycles. The number of esters is 2. The highest BCUT2D eigenvalue weighted by Gasteiger charge is 2.18. The molecule has 158 valence electrons. The average molecular weight is 395 g/mol. The third-order valence-corrected chi connectivity index (χ3v) is 3.88. The normalized spacial score (nSPS) is 11.3. The first kappa shape index (κ1) is 23.9. The van der Waals surface area contributed by atoms with Gasteiger partial charge in [-0.2, -0.15) is 4.98 Å². The van der Waals surface area contributed by atoms with Crippen molar-refractivity contribution >= 4 is 11.9 Å². The van der Waals surface area contributed by atoms with Gasteiger partial charge in [-0.25, -0.2) is 4.79 Å². The van der Waals surface area contributed by atoms with Crippen LogP contribution in [-0.2, 0) is 31.9 Å². The minimum atomic E-state index is -0.584. The molecular weight excluding hydrogens is 360 g/mol. The maximum atomic E-state index is 12.0. The molecule has 0 unspecified atom stereocenters. The summed E-state index contributed by atoms with van der Waals surface area (Å²) < 4.78 is 15.4. The summed E-state index contributed by atoms with van der Waals surface area (Å²) >= 11 is 0. The molecule has 1 aromatic rings. The second-order valence-corrected chi connectivity index (χ2v) is 7.87. The van der Waals surface area contributed by atoms with Crippen molar-refractivity contribution in [1.82, 2.24) is 10.1 Å². The summed E-state index contributed by atoms with van der Waals surface area (Å²) in [4.78, 5) is 27.8. The molecule has 28 heavy (non-hydrogen) atoms. The number of hydrogen-bond acceptors (Lipinski definition) is 7. The summed E-state index contributed by atoms with van der Waals surface area (Å²) in [5, 5.41) is 3.94. The van der Waals surface area contributed by atoms with Crippen molar-refractivity contribution in [2.45, 2.75) is 91.1 Å². The minimum absolute atomic E-state index is 0.000742. The van der Waals surface area contributed by atoms with Gasteiger partial charge in [-0.3, -0.25) is 4.79 Å². The smallest absolute Gasteiger partial charge is 0.333 e. The van der Waals surface area contributed by atoms with E-state index >= 15 is 0 Å². The molecule has 0 fully saturated rings. The van der Waals surface area contributed by atoms with Crippen LogP contribution in [0.25, 0.3) is 0 Å². The Hall–Kier alpha value is -2.18. The molecule has 1 heterocycles. The van der Waals surface area contributed by atoms with E-state index in [0.29, 0.717) is 11.7 Å². The molecular formula is C21H34N2O5. The van der Waals surface area contributed by atoms with Crippen molar-refractivity contribution in [2.75, 3.05) is 6.61 Å². The SMILES string of the molecule is C=C(Cc1nc(CCCCCCCC)no1)C(=O)OCCC(=O)OC(C)(C)C. The number of carbonyl (C=O) groups is 2. The third-order valence-electron chi connectivity index (χ3n) is 3.88. The van der Waals surface area contributed by atoms with Crippen LogP contribution in [0.1, 0.15) is 84.4 Å². The van der Waals surface area contributed by atoms with E-state index < -0.39 is 17.5 Å². The van der Waals surface area contributed by atoms with Crippen molar-refractivity contribution in [3.05, 3.63) is 23.9 Å². The van der Waals surface area contributed by atoms with E-state index in [1.165, 1.54) is 25.7 Å². The Labute approximate surface area is 167 Å². The highest BCUT2D eigenvalue weighted by Crippen LogP contribution is 2.11. The van der Waals surface area contributed by atoms with E-state index in [-0.39, 0.29) is 25.0 Å². The number of hydrogen-bond donors (Lipinski definition) is 0. The molecule has 0 amide bonds. The van der Waals surface area contributed by atoms with Crippen molar-refractivity contribution in [2.24, 2.45) is 0 Å². The number of carbonyl (C=O) groups excluding carboxylic acids is 2. The lowest BCUT2D eigenvalue weighted by atomic mass is 10.1. The quantitative estimate of drug-likeness (QED) is 0.279. The van der Waals surface area contributed by atoms with Gasteiger partial charge in [0.2, 0.25) is 5.89 Å². The molecule has 0 saturated carbocycles. The molecule has 0 aliphatic rings. The van der Waals surface area contributed by atoms with Crippen LogP contribution in [0.3, 0.4) is 0 Å². The zero-order valence-electron chi connectivity index (χ0n) is 17.7. The van der Waals surface area contributed by atoms with Crippen LogP contribution in [0.15, 0.2) is 16.7 Å². The molecule has 1 rings (SSSR count). The molecule has 0 bridgehead atoms. The molecule has 7 heteroatoms. The summed E-state index contributed by atoms with van der Waals surface area (Å²) in [7, 11) is 0. The van der Waals surface area contributed by atoms with Crippen LogP contribution in [0.2, 0.25) is 0 Å². The van der Waals surface area contributed by atoms with Gasteiger partial charge < -0.3 is 14.0 Å². The number of aryl methyl sites for hydroxylation is 1. The Morgan fingerprint density at radius 3 is 2.46 bits per heavy atom. The van der Waals surface area contributed by atoms with Crippen LogP contribution in [0.5, 0.6) is 0 Å². The van der Waals surface area contributed by atoms with Crippen molar-refractivity contribution in [3.8, 4) is 0 Å². The summed E-state index contributed by atoms with van der Waals surface area (Å²) in [6.07, 6.45) is 8.09. The van der Waals surface area contributed by atoms with Crippen LogP contribution in [-0.4, -0.2) is 34.3 Å². The first-order valence-electron chi connectivity index (χ1n) is 10.1. The van der Waals surface area contributed by atoms with E-state index in [4.69, 9.17) is 14.0 Å². The Kier molecular flexibility index (Phi) is 10.5. The Morgan fingerprint density at radius 2 is 1.79 bits per heavy atom. The first-order chi connectivity index (χ1) is 13.2. The molecule has 0 aromatic carbocycles. The molecule has 0 aliphatic heterocycles. The fourth-order valence-corrected chi connectivity index (χ4v) is 2.50. The van der Waals surface area contributed by atoms with Crippen LogP contribution >= 0.6 is 0 Å². The van der Waals surface area contributed by atoms with Crippen LogP contribution in [0.4, 0.5) is 0 Å². The second-order valence-electron chi connectivity index (χ2n) is 7.87. The first-order valence-corrected chi connectivity index (χ1v) is 10.1. The zero-order chi connectivity index (χ0) is 21.0. The summed E-state index contributed by atoms with van der Waals surface area (Å²) in [6.45, 7) is 11.2. The lowest BCUT2D eigenvalue weighted by Gasteiger charge is -2.19. The van der Waals surface area contributed by atoms with Crippen LogP contribution in [0, 0.1) is 0 Å². The van der Waals surface area contributed by atoms with Gasteiger partial charge in [0, 0.05) is 12.0 Å². The zero-order valence-corrected chi connectivity index (χ0v) is 17.7. The van der Waals surface area contributed by atoms with E-state index in [0.717, 1.165) is 19.3 Å². The Morgan fingerprint density at radius 1 is 1.11 bits per heavy atom. The van der Waals surface area contributed by atoms with Gasteiger partial charge in [0.15, 0.2) is 5.82 Å². The summed E-state index contributed by atoms with van der Waals surface area (Å²) in [5.41, 5.74) is -0.352. The van der Waals surface area contributed by atoms with E-state index in [1.54, 1.807) is 20.8 Å². The van der Waals surface area contributed by atoms with Gasteiger partial charge in [0.25, 0.3) is 0 Å². The molecule has 0 N–H and O–H groups in total. The summed E-state index contributed by atoms with van der Waals surface area (Å²) in [5.74, 6) is -0.00644. The number of nitrogens with zero attached hydrogens (tertiary/aromatic N) is 2. The second kappa shape index (κ2) is 12.3. The maximum Gasteiger partial charge on any atom is 0.333 e. The predicted octanol–water partition coefficient (Wildman–Crippen LogP) is 4.35. The molecule has 1 aromatic heterocycles. The lowest BCUT2D eigenvalue weighted by molar-refractivity contribution is -0.156. The largest absolute Gasteiger partial charge is 0.462 e. The lowest BCUT2D eigenvalue weighted by Crippen LogP contribution is -2.25. The van der Waals surface area contributed by atoms with E-state index in [9.17, 15) is 9.59 Å². The van der Waals surface area contributed by atoms with E-state index in [1.807, 2.05) is 0 Å². The molecule has 0 atom stereocenters. The van der Waals surface area contributed by atoms with Gasteiger partial charge >= 0.3 is 11.9 Å². The highest BCUT2D eigenvalue weighted by atomic mass is 16.6. The number of aromatic nitrogens is 2. The Balaban J connectivity index is 2.26. The topological polar surface area (TPSA) is 91.5 Å². The minimum Gasteiger partial charge on any atom is -0.462 e. The maximum absolute atomic E-state index is 12.0. The monoisotopic (exact) mass is 394 g/mol. The van der Waals surface area contributed by atoms with Gasteiger partial charge in [-0.1, -0.05) is 50.8 Å². The number of unbranched alkanes of at least 4 members (excludes halogenated alkanes) is 5. The van der Waals surface area contributed by atoms with Gasteiger partial charge in [0.05, 0.1) is 12.8 Å². The predicted molar refractivity (Wildman–Crippen MR) is 106 cm³/mol.